The number of rotatable bonds is 3. The van der Waals surface area contributed by atoms with Crippen molar-refractivity contribution in [2.75, 3.05) is 0 Å². The van der Waals surface area contributed by atoms with Crippen LogP contribution < -0.4 is 0 Å². The van der Waals surface area contributed by atoms with Crippen LogP contribution in [0.3, 0.4) is 0 Å². The van der Waals surface area contributed by atoms with Crippen LogP contribution in [0.15, 0.2) is 16.6 Å². The number of aliphatic hydroxyl groups is 1. The Kier molecular flexibility index (Phi) is 5.19. The van der Waals surface area contributed by atoms with E-state index in [0.717, 1.165) is 19.3 Å². The number of hydrogen-bond donors (Lipinski definition) is 1. The quantitative estimate of drug-likeness (QED) is 0.786. The molecule has 112 valence electrons. The second kappa shape index (κ2) is 6.52. The van der Waals surface area contributed by atoms with Gasteiger partial charge in [0.15, 0.2) is 0 Å². The first kappa shape index (κ1) is 15.9. The molecule has 4 heteroatoms. The highest BCUT2D eigenvalue weighted by Crippen LogP contribution is 2.36. The van der Waals surface area contributed by atoms with Crippen molar-refractivity contribution in [2.45, 2.75) is 45.6 Å². The summed E-state index contributed by atoms with van der Waals surface area (Å²) >= 11 is 3.09. The maximum atomic E-state index is 14.0. The maximum absolute atomic E-state index is 14.0. The number of hydrogen-bond acceptors (Lipinski definition) is 1. The third-order valence-electron chi connectivity index (χ3n) is 4.53. The Labute approximate surface area is 127 Å². The molecule has 0 amide bonds. The van der Waals surface area contributed by atoms with Gasteiger partial charge >= 0.3 is 0 Å². The average molecular weight is 347 g/mol. The molecule has 1 nitrogen and oxygen atoms in total. The van der Waals surface area contributed by atoms with Crippen molar-refractivity contribution in [1.82, 2.24) is 0 Å². The van der Waals surface area contributed by atoms with Gasteiger partial charge in [-0.05, 0) is 71.5 Å². The van der Waals surface area contributed by atoms with Gasteiger partial charge in [-0.25, -0.2) is 8.78 Å². The molecule has 0 heterocycles. The van der Waals surface area contributed by atoms with Crippen LogP contribution in [0.5, 0.6) is 0 Å². The van der Waals surface area contributed by atoms with Crippen molar-refractivity contribution in [3.05, 3.63) is 33.8 Å². The largest absolute Gasteiger partial charge is 0.393 e. The molecule has 0 saturated heterocycles. The lowest BCUT2D eigenvalue weighted by Crippen LogP contribution is -2.32. The fourth-order valence-corrected chi connectivity index (χ4v) is 3.50. The number of halogens is 3. The van der Waals surface area contributed by atoms with E-state index in [4.69, 9.17) is 0 Å². The van der Waals surface area contributed by atoms with E-state index in [9.17, 15) is 13.9 Å². The number of aliphatic hydroxyl groups excluding tert-OH is 1. The summed E-state index contributed by atoms with van der Waals surface area (Å²) in [4.78, 5) is 0. The standard InChI is InChI=1S/C16H21BrF2O/c1-9(2)10-3-6-15(20)11(7-10)8-12-14(18)5-4-13(17)16(12)19/h4-5,9-11,15,20H,3,6-8H2,1-2H3. The van der Waals surface area contributed by atoms with Gasteiger partial charge in [0.1, 0.15) is 11.6 Å². The first-order chi connectivity index (χ1) is 9.40. The van der Waals surface area contributed by atoms with E-state index in [-0.39, 0.29) is 22.4 Å². The lowest BCUT2D eigenvalue weighted by Gasteiger charge is -2.35. The van der Waals surface area contributed by atoms with Gasteiger partial charge in [0.25, 0.3) is 0 Å². The molecular formula is C16H21BrF2O. The summed E-state index contributed by atoms with van der Waals surface area (Å²) in [6.45, 7) is 4.33. The molecule has 1 aliphatic carbocycles. The molecular weight excluding hydrogens is 326 g/mol. The Morgan fingerprint density at radius 3 is 2.65 bits per heavy atom. The molecule has 3 atom stereocenters. The number of benzene rings is 1. The SMILES string of the molecule is CC(C)C1CCC(O)C(Cc2c(F)ccc(Br)c2F)C1. The second-order valence-corrected chi connectivity index (χ2v) is 7.02. The minimum atomic E-state index is -0.538. The van der Waals surface area contributed by atoms with Crippen LogP contribution in [0, 0.1) is 29.4 Å². The zero-order valence-corrected chi connectivity index (χ0v) is 13.5. The van der Waals surface area contributed by atoms with Crippen LogP contribution in [0.1, 0.15) is 38.7 Å². The molecule has 0 spiro atoms. The molecule has 0 bridgehead atoms. The van der Waals surface area contributed by atoms with E-state index in [1.54, 1.807) is 0 Å². The lowest BCUT2D eigenvalue weighted by molar-refractivity contribution is 0.0371. The highest BCUT2D eigenvalue weighted by molar-refractivity contribution is 9.10. The van der Waals surface area contributed by atoms with Crippen LogP contribution in [0.4, 0.5) is 8.78 Å². The molecule has 1 aliphatic rings. The van der Waals surface area contributed by atoms with Crippen molar-refractivity contribution in [1.29, 1.82) is 0 Å². The molecule has 1 saturated carbocycles. The molecule has 1 fully saturated rings. The smallest absolute Gasteiger partial charge is 0.143 e. The van der Waals surface area contributed by atoms with Gasteiger partial charge in [-0.15, -0.1) is 0 Å². The van der Waals surface area contributed by atoms with Crippen molar-refractivity contribution in [3.63, 3.8) is 0 Å². The van der Waals surface area contributed by atoms with Gasteiger partial charge in [-0.3, -0.25) is 0 Å². The van der Waals surface area contributed by atoms with Crippen LogP contribution in [-0.4, -0.2) is 11.2 Å². The molecule has 20 heavy (non-hydrogen) atoms. The fourth-order valence-electron chi connectivity index (χ4n) is 3.13. The molecule has 3 unspecified atom stereocenters. The summed E-state index contributed by atoms with van der Waals surface area (Å²) in [5, 5.41) is 10.1. The van der Waals surface area contributed by atoms with E-state index in [1.165, 1.54) is 12.1 Å². The molecule has 1 aromatic carbocycles. The normalized spacial score (nSPS) is 27.1. The maximum Gasteiger partial charge on any atom is 0.143 e. The van der Waals surface area contributed by atoms with Gasteiger partial charge < -0.3 is 5.11 Å². The van der Waals surface area contributed by atoms with Crippen molar-refractivity contribution in [3.8, 4) is 0 Å². The van der Waals surface area contributed by atoms with Crippen molar-refractivity contribution >= 4 is 15.9 Å². The van der Waals surface area contributed by atoms with Crippen molar-refractivity contribution < 1.29 is 13.9 Å². The van der Waals surface area contributed by atoms with Crippen LogP contribution in [0.2, 0.25) is 0 Å². The Bertz CT molecular complexity index is 476. The summed E-state index contributed by atoms with van der Waals surface area (Å²) < 4.78 is 28.1. The average Bonchev–Trinajstić information content (AvgIpc) is 2.41. The molecule has 1 aromatic rings. The zero-order chi connectivity index (χ0) is 14.9. The van der Waals surface area contributed by atoms with E-state index >= 15 is 0 Å². The Morgan fingerprint density at radius 1 is 1.30 bits per heavy atom. The third-order valence-corrected chi connectivity index (χ3v) is 5.14. The molecule has 0 radical (unpaired) electrons. The monoisotopic (exact) mass is 346 g/mol. The molecule has 0 aliphatic heterocycles. The molecule has 2 rings (SSSR count). The minimum absolute atomic E-state index is 0.0607. The topological polar surface area (TPSA) is 20.2 Å². The highest BCUT2D eigenvalue weighted by Gasteiger charge is 2.32. The Balaban J connectivity index is 2.18. The summed E-state index contributed by atoms with van der Waals surface area (Å²) in [7, 11) is 0. The second-order valence-electron chi connectivity index (χ2n) is 6.17. The van der Waals surface area contributed by atoms with Crippen molar-refractivity contribution in [2.24, 2.45) is 17.8 Å². The first-order valence-electron chi connectivity index (χ1n) is 7.20. The van der Waals surface area contributed by atoms with Crippen LogP contribution in [-0.2, 0) is 6.42 Å². The molecule has 1 N–H and O–H groups in total. The van der Waals surface area contributed by atoms with E-state index in [1.807, 2.05) is 0 Å². The lowest BCUT2D eigenvalue weighted by atomic mass is 9.73. The zero-order valence-electron chi connectivity index (χ0n) is 11.9. The third kappa shape index (κ3) is 3.40. The summed E-state index contributed by atoms with van der Waals surface area (Å²) in [5.41, 5.74) is 0.0906. The van der Waals surface area contributed by atoms with Crippen LogP contribution in [0.25, 0.3) is 0 Å². The Hall–Kier alpha value is -0.480. The van der Waals surface area contributed by atoms with Gasteiger partial charge in [0.2, 0.25) is 0 Å². The van der Waals surface area contributed by atoms with E-state index in [2.05, 4.69) is 29.8 Å². The first-order valence-corrected chi connectivity index (χ1v) is 7.99. The molecule has 0 aromatic heterocycles. The summed E-state index contributed by atoms with van der Waals surface area (Å²) in [5.74, 6) is -0.0493. The Morgan fingerprint density at radius 2 is 2.00 bits per heavy atom. The summed E-state index contributed by atoms with van der Waals surface area (Å²) in [6, 6.07) is 2.65. The van der Waals surface area contributed by atoms with Gasteiger partial charge in [-0.2, -0.15) is 0 Å². The van der Waals surface area contributed by atoms with Gasteiger partial charge in [-0.1, -0.05) is 13.8 Å². The van der Waals surface area contributed by atoms with Gasteiger partial charge in [0, 0.05) is 5.56 Å². The highest BCUT2D eigenvalue weighted by atomic mass is 79.9. The predicted molar refractivity (Wildman–Crippen MR) is 79.4 cm³/mol. The minimum Gasteiger partial charge on any atom is -0.393 e. The summed E-state index contributed by atoms with van der Waals surface area (Å²) in [6.07, 6.45) is 2.37. The fraction of sp³-hybridized carbons (Fsp3) is 0.625. The predicted octanol–water partition coefficient (Wildman–Crippen LogP) is 4.70. The van der Waals surface area contributed by atoms with Crippen LogP contribution >= 0.6 is 15.9 Å². The van der Waals surface area contributed by atoms with E-state index in [0.29, 0.717) is 11.8 Å². The van der Waals surface area contributed by atoms with E-state index < -0.39 is 17.7 Å². The van der Waals surface area contributed by atoms with Gasteiger partial charge in [0.05, 0.1) is 10.6 Å².